The van der Waals surface area contributed by atoms with Crippen LogP contribution in [-0.4, -0.2) is 131 Å². The summed E-state index contributed by atoms with van der Waals surface area (Å²) in [7, 11) is 1.52. The molecule has 508 valence electrons. The summed E-state index contributed by atoms with van der Waals surface area (Å²) in [5.41, 5.74) is -7.79. The molecule has 0 bridgehead atoms. The van der Waals surface area contributed by atoms with E-state index in [-0.39, 0.29) is 96.0 Å². The Morgan fingerprint density at radius 3 is 1.20 bits per heavy atom. The molecule has 21 nitrogen and oxygen atoms in total. The first kappa shape index (κ1) is 80.7. The number of hydrogen-bond acceptors (Lipinski definition) is 21. The van der Waals surface area contributed by atoms with Gasteiger partial charge in [-0.15, -0.1) is 0 Å². The van der Waals surface area contributed by atoms with Crippen molar-refractivity contribution in [2.75, 3.05) is 20.3 Å². The maximum absolute atomic E-state index is 12.1. The zero-order valence-electron chi connectivity index (χ0n) is 59.1. The highest BCUT2D eigenvalue weighted by atomic mass is 16.6. The van der Waals surface area contributed by atoms with E-state index in [9.17, 15) is 47.9 Å². The van der Waals surface area contributed by atoms with Crippen molar-refractivity contribution in [1.82, 2.24) is 0 Å². The number of esters is 10. The smallest absolute Gasteiger partial charge is 0.351 e. The lowest BCUT2D eigenvalue weighted by atomic mass is 9.81. The summed E-state index contributed by atoms with van der Waals surface area (Å²) in [6.07, 6.45) is 5.93. The third-order valence-electron chi connectivity index (χ3n) is 18.5. The number of methoxy groups -OCH3 is 1. The molecule has 0 aromatic rings. The van der Waals surface area contributed by atoms with Gasteiger partial charge in [0, 0.05) is 20.0 Å². The van der Waals surface area contributed by atoms with E-state index >= 15 is 0 Å². The Balaban J connectivity index is 0.000000535. The molecule has 6 aliphatic heterocycles. The van der Waals surface area contributed by atoms with Crippen molar-refractivity contribution in [2.45, 2.75) is 315 Å². The van der Waals surface area contributed by atoms with Gasteiger partial charge in [0.1, 0.15) is 22.4 Å². The zero-order valence-corrected chi connectivity index (χ0v) is 59.1. The normalized spacial score (nSPS) is 28.8. The molecule has 0 aliphatic carbocycles. The molecule has 0 N–H and O–H groups in total. The first-order valence-corrected chi connectivity index (χ1v) is 31.3. The van der Waals surface area contributed by atoms with Crippen LogP contribution < -0.4 is 0 Å². The van der Waals surface area contributed by atoms with Crippen LogP contribution >= 0.6 is 0 Å². The molecule has 0 amide bonds. The minimum absolute atomic E-state index is 0.0231. The van der Waals surface area contributed by atoms with Crippen molar-refractivity contribution < 1.29 is 100 Å². The largest absolute Gasteiger partial charge is 0.465 e. The van der Waals surface area contributed by atoms with Crippen LogP contribution in [-0.2, 0) is 100 Å². The van der Waals surface area contributed by atoms with Crippen LogP contribution in [0.5, 0.6) is 0 Å². The Morgan fingerprint density at radius 1 is 0.477 bits per heavy atom. The Hall–Kier alpha value is -5.34. The van der Waals surface area contributed by atoms with Gasteiger partial charge in [-0.05, 0) is 190 Å². The topological polar surface area (TPSA) is 272 Å². The van der Waals surface area contributed by atoms with Crippen LogP contribution in [0.4, 0.5) is 0 Å². The molecule has 6 rings (SSSR count). The third-order valence-corrected chi connectivity index (χ3v) is 18.5. The molecule has 6 fully saturated rings. The maximum Gasteiger partial charge on any atom is 0.351 e. The van der Waals surface area contributed by atoms with Gasteiger partial charge in [0.2, 0.25) is 5.60 Å². The first-order valence-electron chi connectivity index (χ1n) is 31.3. The predicted molar refractivity (Wildman–Crippen MR) is 328 cm³/mol. The summed E-state index contributed by atoms with van der Waals surface area (Å²) < 4.78 is 57.5. The Labute approximate surface area is 526 Å². The van der Waals surface area contributed by atoms with Crippen LogP contribution in [0.3, 0.4) is 0 Å². The van der Waals surface area contributed by atoms with Gasteiger partial charge >= 0.3 is 59.7 Å². The summed E-state index contributed by atoms with van der Waals surface area (Å²) in [6, 6.07) is 0. The first-order chi connectivity index (χ1) is 39.6. The molecule has 7 atom stereocenters. The Morgan fingerprint density at radius 2 is 0.886 bits per heavy atom. The highest BCUT2D eigenvalue weighted by Gasteiger charge is 2.57. The van der Waals surface area contributed by atoms with Crippen LogP contribution in [0, 0.1) is 32.5 Å². The summed E-state index contributed by atoms with van der Waals surface area (Å²) in [5.74, 6) is -2.72. The number of carbonyl (C=O) groups excluding carboxylic acids is 10. The van der Waals surface area contributed by atoms with Crippen molar-refractivity contribution in [3.63, 3.8) is 0 Å². The molecule has 88 heavy (non-hydrogen) atoms. The van der Waals surface area contributed by atoms with Gasteiger partial charge in [0.15, 0.2) is 23.4 Å². The molecule has 0 radical (unpaired) electrons. The second-order valence-electron chi connectivity index (χ2n) is 30.2. The SMILES string of the molecule is CCC(C)(C)C(=O)OC1(C)CC(=O)OC1(C)C.CCC(C)(C)C(=O)OC1(C)CC(C)(C)OC1=O.CCC(C)(C)C(=O)OC1CC(=O)OC1(C)C.CCC(C)(C)C(=O)OC1CC(=O)OC1(C)COC.CCC1(C)CC(C)(C)OC1=O.CCC1(C)CCOC1=O. The highest BCUT2D eigenvalue weighted by Crippen LogP contribution is 2.44. The molecular weight excluding hydrogens is 1140 g/mol. The van der Waals surface area contributed by atoms with Crippen LogP contribution in [0.2, 0.25) is 0 Å². The molecule has 0 aromatic heterocycles. The molecular formula is C67H114O21. The Bertz CT molecular complexity index is 2500. The molecule has 6 aliphatic rings. The fourth-order valence-electron chi connectivity index (χ4n) is 9.22. The molecule has 6 heterocycles. The van der Waals surface area contributed by atoms with E-state index in [1.165, 1.54) is 7.11 Å². The van der Waals surface area contributed by atoms with Gasteiger partial charge in [0.25, 0.3) is 0 Å². The molecule has 0 spiro atoms. The van der Waals surface area contributed by atoms with Crippen LogP contribution in [0.1, 0.15) is 264 Å². The standard InChI is InChI=1S/C13H22O5.2C13H22O4.C12H20O4.C9H16O2.C7H12O2/c1-6-12(2,3)11(15)17-9-7-10(14)18-13(9,4)8-16-5;1-7-11(2,3)9(14)17-13(6)8-12(4,5)16-10(13)15;1-7-11(2,3)10(15)17-13(6)8-9(14)16-12(13,4)5;1-6-11(2,3)10(14)15-8-7-9(13)16-12(8,4)5;1-5-9(4)6-8(2,3)11-7(9)10;1-3-7(2)4-5-9-6(7)8/h9H,6-8H2,1-5H3;2*7-8H2,1-6H3;8H,6-7H2,1-5H3;5-6H2,1-4H3;3-5H2,1-2H3. The molecule has 21 heteroatoms. The summed E-state index contributed by atoms with van der Waals surface area (Å²) in [4.78, 5) is 116. The highest BCUT2D eigenvalue weighted by molar-refractivity contribution is 5.87. The zero-order chi connectivity index (χ0) is 69.1. The van der Waals surface area contributed by atoms with Gasteiger partial charge < -0.3 is 52.1 Å². The molecule has 6 saturated heterocycles. The third kappa shape index (κ3) is 21.4. The van der Waals surface area contributed by atoms with E-state index in [0.717, 1.165) is 25.7 Å². The van der Waals surface area contributed by atoms with Gasteiger partial charge in [-0.1, -0.05) is 41.5 Å². The average molecular weight is 1260 g/mol. The lowest BCUT2D eigenvalue weighted by Crippen LogP contribution is -2.49. The number of carbonyl (C=O) groups is 10. The molecule has 0 aromatic carbocycles. The predicted octanol–water partition coefficient (Wildman–Crippen LogP) is 12.1. The average Bonchev–Trinajstić information content (AvgIpc) is 2.35. The summed E-state index contributed by atoms with van der Waals surface area (Å²) in [6.45, 7) is 50.8. The van der Waals surface area contributed by atoms with Crippen molar-refractivity contribution >= 4 is 59.7 Å². The van der Waals surface area contributed by atoms with Crippen molar-refractivity contribution in [2.24, 2.45) is 32.5 Å². The second kappa shape index (κ2) is 29.7. The summed E-state index contributed by atoms with van der Waals surface area (Å²) >= 11 is 0. The monoisotopic (exact) mass is 1250 g/mol. The van der Waals surface area contributed by atoms with E-state index < -0.39 is 73.4 Å². The minimum atomic E-state index is -1.15. The molecule has 7 unspecified atom stereocenters. The maximum atomic E-state index is 12.1. The number of rotatable bonds is 16. The number of cyclic esters (lactones) is 6. The van der Waals surface area contributed by atoms with Gasteiger partial charge in [0.05, 0.1) is 65.0 Å². The van der Waals surface area contributed by atoms with Gasteiger partial charge in [-0.25, -0.2) is 4.79 Å². The van der Waals surface area contributed by atoms with E-state index in [0.29, 0.717) is 38.7 Å². The van der Waals surface area contributed by atoms with E-state index in [2.05, 4.69) is 0 Å². The van der Waals surface area contributed by atoms with E-state index in [1.54, 1.807) is 48.5 Å². The summed E-state index contributed by atoms with van der Waals surface area (Å²) in [5, 5.41) is 0. The van der Waals surface area contributed by atoms with E-state index in [1.807, 2.05) is 138 Å². The molecule has 0 saturated carbocycles. The van der Waals surface area contributed by atoms with Crippen molar-refractivity contribution in [3.05, 3.63) is 0 Å². The fraction of sp³-hybridized carbons (Fsp3) is 0.851. The lowest BCUT2D eigenvalue weighted by Gasteiger charge is -2.36. The van der Waals surface area contributed by atoms with Crippen molar-refractivity contribution in [1.29, 1.82) is 0 Å². The lowest BCUT2D eigenvalue weighted by molar-refractivity contribution is -0.184. The number of ether oxygens (including phenoxy) is 11. The van der Waals surface area contributed by atoms with Gasteiger partial charge in [-0.2, -0.15) is 0 Å². The fourth-order valence-corrected chi connectivity index (χ4v) is 9.22. The van der Waals surface area contributed by atoms with Crippen molar-refractivity contribution in [3.8, 4) is 0 Å². The second-order valence-corrected chi connectivity index (χ2v) is 30.2. The quantitative estimate of drug-likeness (QED) is 0.103. The van der Waals surface area contributed by atoms with Gasteiger partial charge in [-0.3, -0.25) is 43.2 Å². The van der Waals surface area contributed by atoms with Crippen LogP contribution in [0.25, 0.3) is 0 Å². The van der Waals surface area contributed by atoms with Crippen LogP contribution in [0.15, 0.2) is 0 Å². The Kier molecular flexibility index (Phi) is 27.3. The number of hydrogen-bond donors (Lipinski definition) is 0. The van der Waals surface area contributed by atoms with E-state index in [4.69, 9.17) is 52.1 Å². The minimum Gasteiger partial charge on any atom is -0.465 e.